The fraction of sp³-hybridized carbons (Fsp3) is 0.462. The maximum Gasteiger partial charge on any atom is 0.339 e. The highest BCUT2D eigenvalue weighted by atomic mass is 79.9. The highest BCUT2D eigenvalue weighted by molar-refractivity contribution is 9.11. The molecule has 0 aliphatic rings. The minimum Gasteiger partial charge on any atom is -0.462 e. The molecule has 0 N–H and O–H groups in total. The lowest BCUT2D eigenvalue weighted by Crippen LogP contribution is -2.08. The van der Waals surface area contributed by atoms with Crippen molar-refractivity contribution in [3.63, 3.8) is 0 Å². The van der Waals surface area contributed by atoms with Gasteiger partial charge in [0, 0.05) is 15.6 Å². The molecule has 0 aromatic heterocycles. The van der Waals surface area contributed by atoms with Crippen LogP contribution in [0.3, 0.4) is 0 Å². The summed E-state index contributed by atoms with van der Waals surface area (Å²) in [7, 11) is 0. The van der Waals surface area contributed by atoms with E-state index in [1.165, 1.54) is 0 Å². The zero-order valence-corrected chi connectivity index (χ0v) is 13.8. The predicted octanol–water partition coefficient (Wildman–Crippen LogP) is 4.49. The Labute approximate surface area is 124 Å². The lowest BCUT2D eigenvalue weighted by atomic mass is 10.1. The van der Waals surface area contributed by atoms with Crippen molar-refractivity contribution in [3.05, 3.63) is 32.2 Å². The molecule has 0 radical (unpaired) electrons. The molecule has 1 aromatic carbocycles. The van der Waals surface area contributed by atoms with Crippen molar-refractivity contribution in [2.45, 2.75) is 26.9 Å². The van der Waals surface area contributed by atoms with E-state index in [2.05, 4.69) is 31.9 Å². The summed E-state index contributed by atoms with van der Waals surface area (Å²) in [5, 5.41) is 0. The van der Waals surface area contributed by atoms with Crippen LogP contribution in [0.1, 0.15) is 42.8 Å². The number of carbonyl (C=O) groups excluding carboxylic acids is 1. The van der Waals surface area contributed by atoms with Crippen LogP contribution in [0.25, 0.3) is 0 Å². The quantitative estimate of drug-likeness (QED) is 0.707. The van der Waals surface area contributed by atoms with E-state index >= 15 is 0 Å². The van der Waals surface area contributed by atoms with Gasteiger partial charge in [-0.15, -0.1) is 0 Å². The van der Waals surface area contributed by atoms with E-state index in [4.69, 9.17) is 9.47 Å². The number of halogens is 2. The Morgan fingerprint density at radius 2 is 1.89 bits per heavy atom. The smallest absolute Gasteiger partial charge is 0.339 e. The van der Waals surface area contributed by atoms with Crippen LogP contribution in [0.15, 0.2) is 21.1 Å². The number of rotatable bonds is 5. The first-order valence-corrected chi connectivity index (χ1v) is 7.37. The summed E-state index contributed by atoms with van der Waals surface area (Å²) in [6.07, 6.45) is -0.0306. The lowest BCUT2D eigenvalue weighted by Gasteiger charge is -2.15. The van der Waals surface area contributed by atoms with Gasteiger partial charge in [-0.2, -0.15) is 0 Å². The number of esters is 1. The van der Waals surface area contributed by atoms with E-state index in [1.54, 1.807) is 13.0 Å². The van der Waals surface area contributed by atoms with Crippen molar-refractivity contribution in [2.24, 2.45) is 0 Å². The first kappa shape index (κ1) is 15.7. The Bertz CT molecular complexity index is 432. The SMILES string of the molecule is CCOC(=O)c1cc(Br)c(C(C)OCC)cc1Br. The molecular weight excluding hydrogens is 364 g/mol. The molecule has 1 unspecified atom stereocenters. The molecule has 0 aliphatic heterocycles. The molecule has 18 heavy (non-hydrogen) atoms. The third-order valence-electron chi connectivity index (χ3n) is 2.44. The third kappa shape index (κ3) is 3.80. The van der Waals surface area contributed by atoms with E-state index in [9.17, 15) is 4.79 Å². The topological polar surface area (TPSA) is 35.5 Å². The zero-order chi connectivity index (χ0) is 13.7. The van der Waals surface area contributed by atoms with Crippen LogP contribution in [0.4, 0.5) is 0 Å². The van der Waals surface area contributed by atoms with E-state index in [1.807, 2.05) is 19.9 Å². The minimum absolute atomic E-state index is 0.0306. The monoisotopic (exact) mass is 378 g/mol. The van der Waals surface area contributed by atoms with E-state index in [0.717, 1.165) is 10.0 Å². The molecule has 0 amide bonds. The molecule has 0 spiro atoms. The summed E-state index contributed by atoms with van der Waals surface area (Å²) in [6.45, 7) is 6.71. The normalized spacial score (nSPS) is 12.3. The fourth-order valence-corrected chi connectivity index (χ4v) is 2.77. The summed E-state index contributed by atoms with van der Waals surface area (Å²) >= 11 is 6.86. The van der Waals surface area contributed by atoms with Crippen LogP contribution >= 0.6 is 31.9 Å². The van der Waals surface area contributed by atoms with Crippen molar-refractivity contribution >= 4 is 37.8 Å². The average molecular weight is 380 g/mol. The Balaban J connectivity index is 3.07. The van der Waals surface area contributed by atoms with Gasteiger partial charge in [0.15, 0.2) is 0 Å². The molecule has 1 rings (SSSR count). The Kier molecular flexibility index (Phi) is 6.32. The summed E-state index contributed by atoms with van der Waals surface area (Å²) in [6, 6.07) is 3.64. The van der Waals surface area contributed by atoms with Gasteiger partial charge in [-0.25, -0.2) is 4.79 Å². The van der Waals surface area contributed by atoms with E-state index in [-0.39, 0.29) is 12.1 Å². The van der Waals surface area contributed by atoms with Gasteiger partial charge in [0.25, 0.3) is 0 Å². The zero-order valence-electron chi connectivity index (χ0n) is 10.6. The number of ether oxygens (including phenoxy) is 2. The molecule has 5 heteroatoms. The van der Waals surface area contributed by atoms with Gasteiger partial charge < -0.3 is 9.47 Å². The van der Waals surface area contributed by atoms with Crippen LogP contribution in [0.2, 0.25) is 0 Å². The number of hydrogen-bond donors (Lipinski definition) is 0. The molecule has 3 nitrogen and oxygen atoms in total. The molecule has 0 bridgehead atoms. The molecule has 0 aliphatic carbocycles. The molecule has 100 valence electrons. The highest BCUT2D eigenvalue weighted by Gasteiger charge is 2.17. The van der Waals surface area contributed by atoms with Gasteiger partial charge in [-0.3, -0.25) is 0 Å². The molecule has 1 aromatic rings. The summed E-state index contributed by atoms with van der Waals surface area (Å²) in [5.41, 5.74) is 1.51. The number of benzene rings is 1. The lowest BCUT2D eigenvalue weighted by molar-refractivity contribution is 0.0524. The van der Waals surface area contributed by atoms with Crippen LogP contribution < -0.4 is 0 Å². The van der Waals surface area contributed by atoms with E-state index in [0.29, 0.717) is 23.2 Å². The summed E-state index contributed by atoms with van der Waals surface area (Å²) < 4.78 is 12.1. The van der Waals surface area contributed by atoms with Gasteiger partial charge in [-0.05, 0) is 54.4 Å². The van der Waals surface area contributed by atoms with Crippen LogP contribution in [-0.4, -0.2) is 19.2 Å². The molecule has 0 fully saturated rings. The minimum atomic E-state index is -0.333. The van der Waals surface area contributed by atoms with Crippen molar-refractivity contribution in [3.8, 4) is 0 Å². The Morgan fingerprint density at radius 1 is 1.22 bits per heavy atom. The van der Waals surface area contributed by atoms with Crippen molar-refractivity contribution in [1.29, 1.82) is 0 Å². The van der Waals surface area contributed by atoms with Crippen LogP contribution in [0, 0.1) is 0 Å². The molecule has 0 saturated carbocycles. The van der Waals surface area contributed by atoms with Crippen molar-refractivity contribution in [2.75, 3.05) is 13.2 Å². The van der Waals surface area contributed by atoms with Gasteiger partial charge in [-0.1, -0.05) is 15.9 Å². The van der Waals surface area contributed by atoms with Gasteiger partial charge in [0.1, 0.15) is 0 Å². The molecule has 0 saturated heterocycles. The first-order chi connectivity index (χ1) is 8.51. The second-order valence-corrected chi connectivity index (χ2v) is 5.38. The maximum absolute atomic E-state index is 11.7. The van der Waals surface area contributed by atoms with Crippen molar-refractivity contribution in [1.82, 2.24) is 0 Å². The predicted molar refractivity (Wildman–Crippen MR) is 77.8 cm³/mol. The highest BCUT2D eigenvalue weighted by Crippen LogP contribution is 2.31. The number of hydrogen-bond acceptors (Lipinski definition) is 3. The number of carbonyl (C=O) groups is 1. The van der Waals surface area contributed by atoms with E-state index < -0.39 is 0 Å². The second-order valence-electron chi connectivity index (χ2n) is 3.67. The standard InChI is InChI=1S/C13H16Br2O3/c1-4-17-8(3)9-6-12(15)10(7-11(9)14)13(16)18-5-2/h6-8H,4-5H2,1-3H3. The molecule has 0 heterocycles. The van der Waals surface area contributed by atoms with Crippen LogP contribution in [-0.2, 0) is 9.47 Å². The molecular formula is C13H16Br2O3. The Hall–Kier alpha value is -0.390. The molecule has 1 atom stereocenters. The largest absolute Gasteiger partial charge is 0.462 e. The first-order valence-electron chi connectivity index (χ1n) is 5.78. The summed E-state index contributed by atoms with van der Waals surface area (Å²) in [4.78, 5) is 11.7. The third-order valence-corrected chi connectivity index (χ3v) is 3.78. The van der Waals surface area contributed by atoms with Crippen LogP contribution in [0.5, 0.6) is 0 Å². The van der Waals surface area contributed by atoms with Gasteiger partial charge in [0.05, 0.1) is 18.3 Å². The Morgan fingerprint density at radius 3 is 2.44 bits per heavy atom. The second kappa shape index (κ2) is 7.26. The summed E-state index contributed by atoms with van der Waals surface area (Å²) in [5.74, 6) is -0.333. The van der Waals surface area contributed by atoms with Crippen molar-refractivity contribution < 1.29 is 14.3 Å². The van der Waals surface area contributed by atoms with Gasteiger partial charge in [0.2, 0.25) is 0 Å². The maximum atomic E-state index is 11.7. The fourth-order valence-electron chi connectivity index (χ4n) is 1.58. The van der Waals surface area contributed by atoms with Gasteiger partial charge >= 0.3 is 5.97 Å². The average Bonchev–Trinajstić information content (AvgIpc) is 2.32.